The number of anilines is 2. The highest BCUT2D eigenvalue weighted by atomic mass is 16.2. The molecular formula is C18H16N6O2. The molecular weight excluding hydrogens is 332 g/mol. The lowest BCUT2D eigenvalue weighted by Crippen LogP contribution is -2.23. The lowest BCUT2D eigenvalue weighted by molar-refractivity contribution is -0.117. The number of aromatic nitrogens is 4. The van der Waals surface area contributed by atoms with Gasteiger partial charge in [-0.1, -0.05) is 6.07 Å². The number of tetrazole rings is 1. The molecule has 0 spiro atoms. The predicted molar refractivity (Wildman–Crippen MR) is 95.1 cm³/mol. The summed E-state index contributed by atoms with van der Waals surface area (Å²) in [5, 5.41) is 13.9. The molecule has 0 saturated carbocycles. The molecule has 8 heteroatoms. The van der Waals surface area contributed by atoms with Crippen LogP contribution < -0.4 is 10.2 Å². The average molecular weight is 348 g/mol. The van der Waals surface area contributed by atoms with E-state index in [1.807, 2.05) is 12.1 Å². The number of nitrogens with one attached hydrogen (secondary N) is 1. The molecule has 2 amide bonds. The van der Waals surface area contributed by atoms with Crippen LogP contribution in [-0.2, 0) is 4.79 Å². The van der Waals surface area contributed by atoms with Gasteiger partial charge in [0.05, 0.1) is 5.69 Å². The van der Waals surface area contributed by atoms with Gasteiger partial charge in [-0.25, -0.2) is 4.68 Å². The number of amides is 2. The number of carbonyl (C=O) groups excluding carboxylic acids is 2. The van der Waals surface area contributed by atoms with Crippen LogP contribution in [0.15, 0.2) is 54.9 Å². The Labute approximate surface area is 149 Å². The molecule has 0 bridgehead atoms. The highest BCUT2D eigenvalue weighted by Gasteiger charge is 2.21. The number of hydrogen-bond acceptors (Lipinski definition) is 5. The minimum atomic E-state index is -0.224. The van der Waals surface area contributed by atoms with Crippen molar-refractivity contribution in [2.45, 2.75) is 12.8 Å². The summed E-state index contributed by atoms with van der Waals surface area (Å²) in [5.74, 6) is -0.0974. The minimum Gasteiger partial charge on any atom is -0.322 e. The maximum absolute atomic E-state index is 12.5. The SMILES string of the molecule is O=C(Nc1cccc(-n2cnnn2)c1)c1ccc(N2CCCC2=O)cc1. The van der Waals surface area contributed by atoms with Crippen molar-refractivity contribution < 1.29 is 9.59 Å². The van der Waals surface area contributed by atoms with Gasteiger partial charge in [-0.3, -0.25) is 9.59 Å². The quantitative estimate of drug-likeness (QED) is 0.779. The number of rotatable bonds is 4. The van der Waals surface area contributed by atoms with Gasteiger partial charge >= 0.3 is 0 Å². The van der Waals surface area contributed by atoms with E-state index in [9.17, 15) is 9.59 Å². The fourth-order valence-electron chi connectivity index (χ4n) is 2.92. The molecule has 3 aromatic rings. The Bertz CT molecular complexity index is 937. The second-order valence-corrected chi connectivity index (χ2v) is 5.95. The fourth-order valence-corrected chi connectivity index (χ4v) is 2.92. The maximum atomic E-state index is 12.5. The second kappa shape index (κ2) is 6.75. The van der Waals surface area contributed by atoms with Crippen LogP contribution in [0.3, 0.4) is 0 Å². The molecule has 0 atom stereocenters. The smallest absolute Gasteiger partial charge is 0.255 e. The molecule has 4 rings (SSSR count). The highest BCUT2D eigenvalue weighted by molar-refractivity contribution is 6.05. The van der Waals surface area contributed by atoms with E-state index in [-0.39, 0.29) is 11.8 Å². The van der Waals surface area contributed by atoms with Crippen LogP contribution in [-0.4, -0.2) is 38.6 Å². The zero-order valence-corrected chi connectivity index (χ0v) is 13.9. The molecule has 1 N–H and O–H groups in total. The van der Waals surface area contributed by atoms with Crippen molar-refractivity contribution >= 4 is 23.2 Å². The van der Waals surface area contributed by atoms with E-state index in [0.29, 0.717) is 17.7 Å². The Kier molecular flexibility index (Phi) is 4.14. The van der Waals surface area contributed by atoms with E-state index in [2.05, 4.69) is 20.8 Å². The Hall–Kier alpha value is -3.55. The van der Waals surface area contributed by atoms with Gasteiger partial charge in [0.25, 0.3) is 5.91 Å². The molecule has 1 aromatic heterocycles. The van der Waals surface area contributed by atoms with E-state index in [1.54, 1.807) is 41.3 Å². The maximum Gasteiger partial charge on any atom is 0.255 e. The van der Waals surface area contributed by atoms with Crippen molar-refractivity contribution in [3.05, 3.63) is 60.4 Å². The van der Waals surface area contributed by atoms with E-state index in [4.69, 9.17) is 0 Å². The van der Waals surface area contributed by atoms with Gasteiger partial charge in [-0.2, -0.15) is 0 Å². The lowest BCUT2D eigenvalue weighted by atomic mass is 10.1. The van der Waals surface area contributed by atoms with Gasteiger partial charge in [0.15, 0.2) is 0 Å². The third kappa shape index (κ3) is 3.16. The molecule has 1 aliphatic heterocycles. The summed E-state index contributed by atoms with van der Waals surface area (Å²) in [4.78, 5) is 26.0. The molecule has 0 unspecified atom stereocenters. The van der Waals surface area contributed by atoms with Crippen molar-refractivity contribution in [2.75, 3.05) is 16.8 Å². The van der Waals surface area contributed by atoms with Crippen LogP contribution in [0.1, 0.15) is 23.2 Å². The zero-order valence-electron chi connectivity index (χ0n) is 13.9. The van der Waals surface area contributed by atoms with Gasteiger partial charge < -0.3 is 10.2 Å². The first kappa shape index (κ1) is 15.9. The second-order valence-electron chi connectivity index (χ2n) is 5.95. The Balaban J connectivity index is 1.48. The van der Waals surface area contributed by atoms with Gasteiger partial charge in [-0.15, -0.1) is 5.10 Å². The predicted octanol–water partition coefficient (Wildman–Crippen LogP) is 2.04. The van der Waals surface area contributed by atoms with Gasteiger partial charge in [-0.05, 0) is 59.3 Å². The summed E-state index contributed by atoms with van der Waals surface area (Å²) in [6.45, 7) is 0.730. The van der Waals surface area contributed by atoms with Crippen LogP contribution >= 0.6 is 0 Å². The third-order valence-electron chi connectivity index (χ3n) is 4.23. The Morgan fingerprint density at radius 2 is 1.92 bits per heavy atom. The minimum absolute atomic E-state index is 0.126. The average Bonchev–Trinajstić information content (AvgIpc) is 3.34. The Morgan fingerprint density at radius 1 is 1.08 bits per heavy atom. The number of nitrogens with zero attached hydrogens (tertiary/aromatic N) is 5. The van der Waals surface area contributed by atoms with Crippen molar-refractivity contribution in [1.82, 2.24) is 20.2 Å². The first-order chi connectivity index (χ1) is 12.7. The monoisotopic (exact) mass is 348 g/mol. The molecule has 1 saturated heterocycles. The topological polar surface area (TPSA) is 93.0 Å². The van der Waals surface area contributed by atoms with Crippen LogP contribution in [0.25, 0.3) is 5.69 Å². The van der Waals surface area contributed by atoms with Gasteiger partial charge in [0.2, 0.25) is 5.91 Å². The molecule has 26 heavy (non-hydrogen) atoms. The summed E-state index contributed by atoms with van der Waals surface area (Å²) in [5.41, 5.74) is 2.73. The summed E-state index contributed by atoms with van der Waals surface area (Å²) >= 11 is 0. The standard InChI is InChI=1S/C18H16N6O2/c25-17-5-2-10-23(17)15-8-6-13(7-9-15)18(26)20-14-3-1-4-16(11-14)24-12-19-21-22-24/h1,3-4,6-9,11-12H,2,5,10H2,(H,20,26). The van der Waals surface area contributed by atoms with E-state index < -0.39 is 0 Å². The van der Waals surface area contributed by atoms with Crippen LogP contribution in [0, 0.1) is 0 Å². The Morgan fingerprint density at radius 3 is 2.62 bits per heavy atom. The molecule has 130 valence electrons. The lowest BCUT2D eigenvalue weighted by Gasteiger charge is -2.15. The largest absolute Gasteiger partial charge is 0.322 e. The molecule has 8 nitrogen and oxygen atoms in total. The number of benzene rings is 2. The van der Waals surface area contributed by atoms with Crippen molar-refractivity contribution in [3.8, 4) is 5.69 Å². The molecule has 1 fully saturated rings. The van der Waals surface area contributed by atoms with Crippen molar-refractivity contribution in [1.29, 1.82) is 0 Å². The molecule has 2 heterocycles. The molecule has 1 aliphatic rings. The first-order valence-electron chi connectivity index (χ1n) is 8.26. The van der Waals surface area contributed by atoms with E-state index in [1.165, 1.54) is 11.0 Å². The van der Waals surface area contributed by atoms with Crippen molar-refractivity contribution in [3.63, 3.8) is 0 Å². The van der Waals surface area contributed by atoms with E-state index in [0.717, 1.165) is 24.3 Å². The molecule has 0 aliphatic carbocycles. The summed E-state index contributed by atoms with van der Waals surface area (Å²) in [6.07, 6.45) is 2.94. The van der Waals surface area contributed by atoms with Gasteiger partial charge in [0, 0.05) is 29.9 Å². The third-order valence-corrected chi connectivity index (χ3v) is 4.23. The first-order valence-corrected chi connectivity index (χ1v) is 8.26. The highest BCUT2D eigenvalue weighted by Crippen LogP contribution is 2.22. The summed E-state index contributed by atoms with van der Waals surface area (Å²) < 4.78 is 1.51. The summed E-state index contributed by atoms with van der Waals surface area (Å²) in [6, 6.07) is 14.3. The number of hydrogen-bond donors (Lipinski definition) is 1. The van der Waals surface area contributed by atoms with Crippen LogP contribution in [0.4, 0.5) is 11.4 Å². The summed E-state index contributed by atoms with van der Waals surface area (Å²) in [7, 11) is 0. The molecule has 2 aromatic carbocycles. The fraction of sp³-hybridized carbons (Fsp3) is 0.167. The number of carbonyl (C=O) groups is 2. The van der Waals surface area contributed by atoms with Crippen LogP contribution in [0.2, 0.25) is 0 Å². The zero-order chi connectivity index (χ0) is 17.9. The normalized spacial score (nSPS) is 13.8. The van der Waals surface area contributed by atoms with Gasteiger partial charge in [0.1, 0.15) is 6.33 Å². The molecule has 0 radical (unpaired) electrons. The van der Waals surface area contributed by atoms with Crippen LogP contribution in [0.5, 0.6) is 0 Å². The van der Waals surface area contributed by atoms with E-state index >= 15 is 0 Å². The van der Waals surface area contributed by atoms with Crippen molar-refractivity contribution in [2.24, 2.45) is 0 Å².